The van der Waals surface area contributed by atoms with Crippen molar-refractivity contribution in [2.45, 2.75) is 46.4 Å². The lowest BCUT2D eigenvalue weighted by Crippen LogP contribution is -2.39. The molecule has 0 spiro atoms. The van der Waals surface area contributed by atoms with Crippen LogP contribution in [-0.4, -0.2) is 38.3 Å². The minimum atomic E-state index is -4.06. The summed E-state index contributed by atoms with van der Waals surface area (Å²) in [7, 11) is -4.06. The third-order valence-electron chi connectivity index (χ3n) is 6.86. The van der Waals surface area contributed by atoms with Crippen LogP contribution in [0.1, 0.15) is 40.6 Å². The molecule has 8 nitrogen and oxygen atoms in total. The molecule has 1 amide bonds. The summed E-state index contributed by atoms with van der Waals surface area (Å²) >= 11 is 0. The Morgan fingerprint density at radius 2 is 1.59 bits per heavy atom. The van der Waals surface area contributed by atoms with Gasteiger partial charge in [-0.25, -0.2) is 13.8 Å². The smallest absolute Gasteiger partial charge is 0.264 e. The molecule has 9 heteroatoms. The van der Waals surface area contributed by atoms with Crippen molar-refractivity contribution < 1.29 is 17.9 Å². The maximum atomic E-state index is 13.7. The van der Waals surface area contributed by atoms with Crippen LogP contribution in [0.4, 0.5) is 5.69 Å². The zero-order valence-corrected chi connectivity index (χ0v) is 25.1. The number of carbonyl (C=O) groups is 1. The van der Waals surface area contributed by atoms with Crippen molar-refractivity contribution in [3.63, 3.8) is 0 Å². The molecule has 0 saturated carbocycles. The molecule has 0 unspecified atom stereocenters. The molecular formula is C32H36N4O4S. The number of aromatic nitrogens is 1. The molecule has 1 N–H and O–H groups in total. The van der Waals surface area contributed by atoms with E-state index >= 15 is 0 Å². The number of hydrazone groups is 1. The first-order valence-corrected chi connectivity index (χ1v) is 14.9. The molecule has 1 aromatic heterocycles. The summed E-state index contributed by atoms with van der Waals surface area (Å²) in [6, 6.07) is 21.3. The summed E-state index contributed by atoms with van der Waals surface area (Å²) < 4.78 is 36.0. The van der Waals surface area contributed by atoms with Gasteiger partial charge in [-0.3, -0.25) is 9.10 Å². The first-order valence-electron chi connectivity index (χ1n) is 13.4. The van der Waals surface area contributed by atoms with Crippen LogP contribution in [0.25, 0.3) is 5.69 Å². The summed E-state index contributed by atoms with van der Waals surface area (Å²) in [5.41, 5.74) is 10.2. The molecule has 0 fully saturated rings. The topological polar surface area (TPSA) is 93.0 Å². The number of sulfonamides is 1. The highest BCUT2D eigenvalue weighted by Gasteiger charge is 2.27. The largest absolute Gasteiger partial charge is 0.494 e. The number of rotatable bonds is 10. The molecule has 0 bridgehead atoms. The number of para-hydroxylation sites is 1. The lowest BCUT2D eigenvalue weighted by Gasteiger charge is -2.24. The summed E-state index contributed by atoms with van der Waals surface area (Å²) in [6.45, 7) is 12.0. The van der Waals surface area contributed by atoms with Gasteiger partial charge in [0.05, 0.1) is 29.1 Å². The highest BCUT2D eigenvalue weighted by molar-refractivity contribution is 7.92. The quantitative estimate of drug-likeness (QED) is 0.193. The van der Waals surface area contributed by atoms with Crippen LogP contribution in [0.5, 0.6) is 5.75 Å². The van der Waals surface area contributed by atoms with Gasteiger partial charge in [-0.1, -0.05) is 35.9 Å². The van der Waals surface area contributed by atoms with Crippen molar-refractivity contribution in [3.8, 4) is 11.4 Å². The molecule has 0 aliphatic heterocycles. The van der Waals surface area contributed by atoms with E-state index in [4.69, 9.17) is 4.74 Å². The number of nitrogens with zero attached hydrogens (tertiary/aromatic N) is 3. The van der Waals surface area contributed by atoms with Gasteiger partial charge < -0.3 is 9.30 Å². The van der Waals surface area contributed by atoms with Gasteiger partial charge in [0.1, 0.15) is 12.3 Å². The number of anilines is 1. The predicted octanol–water partition coefficient (Wildman–Crippen LogP) is 5.76. The van der Waals surface area contributed by atoms with Gasteiger partial charge in [0, 0.05) is 17.0 Å². The van der Waals surface area contributed by atoms with E-state index in [-0.39, 0.29) is 4.90 Å². The zero-order chi connectivity index (χ0) is 29.7. The maximum Gasteiger partial charge on any atom is 0.264 e. The third kappa shape index (κ3) is 6.52. The molecule has 4 aromatic rings. The van der Waals surface area contributed by atoms with Crippen molar-refractivity contribution in [2.75, 3.05) is 17.5 Å². The van der Waals surface area contributed by atoms with Crippen LogP contribution >= 0.6 is 0 Å². The average Bonchev–Trinajstić information content (AvgIpc) is 3.21. The van der Waals surface area contributed by atoms with Crippen molar-refractivity contribution >= 4 is 27.8 Å². The number of carbonyl (C=O) groups excluding carboxylic acids is 1. The van der Waals surface area contributed by atoms with Crippen LogP contribution < -0.4 is 14.5 Å². The van der Waals surface area contributed by atoms with Gasteiger partial charge in [0.2, 0.25) is 0 Å². The number of ether oxygens (including phenoxy) is 1. The Hall–Kier alpha value is -4.37. The highest BCUT2D eigenvalue weighted by atomic mass is 32.2. The first kappa shape index (κ1) is 29.6. The third-order valence-corrected chi connectivity index (χ3v) is 8.65. The Morgan fingerprint density at radius 1 is 0.951 bits per heavy atom. The Labute approximate surface area is 242 Å². The molecule has 1 heterocycles. The fourth-order valence-corrected chi connectivity index (χ4v) is 6.21. The molecule has 4 rings (SSSR count). The van der Waals surface area contributed by atoms with Gasteiger partial charge >= 0.3 is 0 Å². The zero-order valence-electron chi connectivity index (χ0n) is 24.3. The van der Waals surface area contributed by atoms with E-state index in [1.165, 1.54) is 12.1 Å². The number of hydrogen-bond donors (Lipinski definition) is 1. The van der Waals surface area contributed by atoms with Crippen molar-refractivity contribution in [3.05, 3.63) is 106 Å². The minimum absolute atomic E-state index is 0.0526. The molecule has 0 radical (unpaired) electrons. The lowest BCUT2D eigenvalue weighted by atomic mass is 10.1. The number of aryl methyl sites for hydroxylation is 4. The highest BCUT2D eigenvalue weighted by Crippen LogP contribution is 2.27. The van der Waals surface area contributed by atoms with E-state index in [0.29, 0.717) is 18.0 Å². The number of nitrogens with one attached hydrogen (secondary N) is 1. The monoisotopic (exact) mass is 572 g/mol. The summed E-state index contributed by atoms with van der Waals surface area (Å²) in [5.74, 6) is -0.00254. The van der Waals surface area contributed by atoms with E-state index in [9.17, 15) is 13.2 Å². The summed E-state index contributed by atoms with van der Waals surface area (Å²) in [4.78, 5) is 13.1. The maximum absolute atomic E-state index is 13.7. The van der Waals surface area contributed by atoms with Gasteiger partial charge in [-0.15, -0.1) is 0 Å². The van der Waals surface area contributed by atoms with Crippen molar-refractivity contribution in [1.82, 2.24) is 9.99 Å². The first-order chi connectivity index (χ1) is 19.5. The second-order valence-electron chi connectivity index (χ2n) is 9.95. The van der Waals surface area contributed by atoms with Crippen LogP contribution in [0.2, 0.25) is 0 Å². The number of benzene rings is 3. The van der Waals surface area contributed by atoms with Crippen LogP contribution in [0.3, 0.4) is 0 Å². The SMILES string of the molecule is CCOc1ccc(S(=O)(=O)N(CC(=O)N/N=C/c2cc(C)n(-c3c(C)cccc3C)c2C)c2ccc(C)cc2)cc1. The molecule has 0 aliphatic carbocycles. The van der Waals surface area contributed by atoms with Crippen molar-refractivity contribution in [1.29, 1.82) is 0 Å². The van der Waals surface area contributed by atoms with Gasteiger partial charge in [0.15, 0.2) is 0 Å². The van der Waals surface area contributed by atoms with Crippen LogP contribution in [-0.2, 0) is 14.8 Å². The Bertz CT molecular complexity index is 1650. The Balaban J connectivity index is 1.56. The number of hydrogen-bond acceptors (Lipinski definition) is 5. The second-order valence-corrected chi connectivity index (χ2v) is 11.8. The molecular weight excluding hydrogens is 536 g/mol. The van der Waals surface area contributed by atoms with E-state index in [2.05, 4.69) is 41.1 Å². The van der Waals surface area contributed by atoms with E-state index in [1.54, 1.807) is 42.6 Å². The summed E-state index contributed by atoms with van der Waals surface area (Å²) in [5, 5.41) is 4.17. The lowest BCUT2D eigenvalue weighted by molar-refractivity contribution is -0.119. The van der Waals surface area contributed by atoms with Gasteiger partial charge in [-0.2, -0.15) is 5.10 Å². The fourth-order valence-electron chi connectivity index (χ4n) is 4.79. The predicted molar refractivity (Wildman–Crippen MR) is 164 cm³/mol. The molecule has 41 heavy (non-hydrogen) atoms. The van der Waals surface area contributed by atoms with E-state index in [0.717, 1.165) is 43.6 Å². The fraction of sp³-hybridized carbons (Fsp3) is 0.250. The Kier molecular flexibility index (Phi) is 8.98. The molecule has 0 atom stereocenters. The standard InChI is InChI=1S/C32H36N4O4S/c1-7-40-29-15-17-30(18-16-29)41(38,39)35(28-13-11-22(2)12-14-28)21-31(37)34-33-20-27-19-25(5)36(26(27)6)32-23(3)9-8-10-24(32)4/h8-20H,7,21H2,1-6H3,(H,34,37)/b33-20+. The van der Waals surface area contributed by atoms with Gasteiger partial charge in [0.25, 0.3) is 15.9 Å². The molecule has 0 aliphatic rings. The molecule has 3 aromatic carbocycles. The molecule has 214 valence electrons. The Morgan fingerprint density at radius 3 is 2.20 bits per heavy atom. The van der Waals surface area contributed by atoms with Crippen LogP contribution in [0.15, 0.2) is 82.8 Å². The van der Waals surface area contributed by atoms with Crippen LogP contribution in [0, 0.1) is 34.6 Å². The van der Waals surface area contributed by atoms with E-state index in [1.807, 2.05) is 39.8 Å². The van der Waals surface area contributed by atoms with Gasteiger partial charge in [-0.05, 0) is 95.1 Å². The van der Waals surface area contributed by atoms with E-state index < -0.39 is 22.5 Å². The normalized spacial score (nSPS) is 11.6. The summed E-state index contributed by atoms with van der Waals surface area (Å²) in [6.07, 6.45) is 1.58. The molecule has 0 saturated heterocycles. The van der Waals surface area contributed by atoms with Crippen molar-refractivity contribution in [2.24, 2.45) is 5.10 Å². The minimum Gasteiger partial charge on any atom is -0.494 e. The second kappa shape index (κ2) is 12.4. The number of amides is 1. The average molecular weight is 573 g/mol.